The molecule has 0 aliphatic carbocycles. The minimum atomic E-state index is -0.250. The minimum absolute atomic E-state index is 0.250. The molecule has 1 aliphatic rings. The zero-order valence-corrected chi connectivity index (χ0v) is 14.5. The third-order valence-corrected chi connectivity index (χ3v) is 4.29. The largest absolute Gasteiger partial charge is 0.493 e. The fourth-order valence-corrected chi connectivity index (χ4v) is 2.93. The maximum Gasteiger partial charge on any atom is 0.166 e. The average Bonchev–Trinajstić information content (AvgIpc) is 3.15. The third kappa shape index (κ3) is 4.94. The van der Waals surface area contributed by atoms with Gasteiger partial charge in [0, 0.05) is 25.3 Å². The normalized spacial score (nSPS) is 16.8. The lowest BCUT2D eigenvalue weighted by Crippen LogP contribution is -2.26. The Hall–Kier alpha value is -2.11. The molecule has 5 heteroatoms. The van der Waals surface area contributed by atoms with Gasteiger partial charge in [0.2, 0.25) is 0 Å². The fourth-order valence-electron chi connectivity index (χ4n) is 2.93. The predicted molar refractivity (Wildman–Crippen MR) is 94.4 cm³/mol. The topological polar surface area (TPSA) is 39.7 Å². The first-order valence-corrected chi connectivity index (χ1v) is 8.61. The maximum atomic E-state index is 13.0. The Bertz CT molecular complexity index is 669. The van der Waals surface area contributed by atoms with Gasteiger partial charge in [-0.2, -0.15) is 0 Å². The number of benzene rings is 2. The molecule has 0 aromatic heterocycles. The van der Waals surface area contributed by atoms with Crippen LogP contribution in [0.25, 0.3) is 0 Å². The van der Waals surface area contributed by atoms with E-state index < -0.39 is 0 Å². The number of halogens is 1. The Morgan fingerprint density at radius 1 is 1.20 bits per heavy atom. The summed E-state index contributed by atoms with van der Waals surface area (Å²) < 4.78 is 30.1. The molecule has 1 N–H and O–H groups in total. The molecule has 2 aromatic rings. The van der Waals surface area contributed by atoms with Crippen molar-refractivity contribution in [2.75, 3.05) is 20.3 Å². The van der Waals surface area contributed by atoms with Crippen molar-refractivity contribution in [2.24, 2.45) is 0 Å². The molecule has 0 spiro atoms. The van der Waals surface area contributed by atoms with Crippen LogP contribution in [-0.4, -0.2) is 26.4 Å². The molecule has 1 fully saturated rings. The van der Waals surface area contributed by atoms with Crippen molar-refractivity contribution >= 4 is 0 Å². The highest BCUT2D eigenvalue weighted by Crippen LogP contribution is 2.32. The third-order valence-electron chi connectivity index (χ3n) is 4.29. The smallest absolute Gasteiger partial charge is 0.166 e. The van der Waals surface area contributed by atoms with Gasteiger partial charge >= 0.3 is 0 Å². The summed E-state index contributed by atoms with van der Waals surface area (Å²) in [6, 6.07) is 12.2. The summed E-state index contributed by atoms with van der Waals surface area (Å²) in [5.74, 6) is 1.16. The molecule has 2 aromatic carbocycles. The van der Waals surface area contributed by atoms with Crippen LogP contribution >= 0.6 is 0 Å². The number of hydrogen-bond acceptors (Lipinski definition) is 4. The second kappa shape index (κ2) is 8.83. The SMILES string of the molecule is COc1cccc(CNCC2CCCO2)c1OCc1ccc(F)cc1. The summed E-state index contributed by atoms with van der Waals surface area (Å²) in [6.07, 6.45) is 2.55. The first kappa shape index (κ1) is 17.7. The Morgan fingerprint density at radius 3 is 2.76 bits per heavy atom. The lowest BCUT2D eigenvalue weighted by atomic mass is 10.1. The molecule has 1 unspecified atom stereocenters. The molecule has 0 bridgehead atoms. The predicted octanol–water partition coefficient (Wildman–Crippen LogP) is 3.68. The first-order valence-electron chi connectivity index (χ1n) is 8.61. The van der Waals surface area contributed by atoms with Crippen LogP contribution in [0.1, 0.15) is 24.0 Å². The number of methoxy groups -OCH3 is 1. The highest BCUT2D eigenvalue weighted by atomic mass is 19.1. The molecule has 0 saturated carbocycles. The van der Waals surface area contributed by atoms with Gasteiger partial charge in [-0.3, -0.25) is 0 Å². The molecule has 1 heterocycles. The molecule has 134 valence electrons. The minimum Gasteiger partial charge on any atom is -0.493 e. The van der Waals surface area contributed by atoms with Gasteiger partial charge in [0.05, 0.1) is 13.2 Å². The van der Waals surface area contributed by atoms with Crippen molar-refractivity contribution < 1.29 is 18.6 Å². The van der Waals surface area contributed by atoms with Crippen LogP contribution < -0.4 is 14.8 Å². The van der Waals surface area contributed by atoms with E-state index in [9.17, 15) is 4.39 Å². The van der Waals surface area contributed by atoms with Gasteiger partial charge in [-0.05, 0) is 36.6 Å². The van der Waals surface area contributed by atoms with Crippen LogP contribution in [0, 0.1) is 5.82 Å². The van der Waals surface area contributed by atoms with Gasteiger partial charge in [-0.25, -0.2) is 4.39 Å². The summed E-state index contributed by atoms with van der Waals surface area (Å²) in [4.78, 5) is 0. The van der Waals surface area contributed by atoms with Crippen molar-refractivity contribution in [3.8, 4) is 11.5 Å². The van der Waals surface area contributed by atoms with Crippen molar-refractivity contribution in [1.82, 2.24) is 5.32 Å². The summed E-state index contributed by atoms with van der Waals surface area (Å²) >= 11 is 0. The maximum absolute atomic E-state index is 13.0. The van der Waals surface area contributed by atoms with Crippen molar-refractivity contribution in [2.45, 2.75) is 32.1 Å². The number of para-hydroxylation sites is 1. The molecular formula is C20H24FNO3. The Balaban J connectivity index is 1.64. The van der Waals surface area contributed by atoms with E-state index in [0.29, 0.717) is 30.8 Å². The Labute approximate surface area is 147 Å². The highest BCUT2D eigenvalue weighted by molar-refractivity contribution is 5.46. The van der Waals surface area contributed by atoms with Crippen LogP contribution in [0.3, 0.4) is 0 Å². The zero-order chi connectivity index (χ0) is 17.5. The lowest BCUT2D eigenvalue weighted by molar-refractivity contribution is 0.110. The van der Waals surface area contributed by atoms with Gasteiger partial charge in [-0.1, -0.05) is 24.3 Å². The van der Waals surface area contributed by atoms with E-state index in [1.54, 1.807) is 19.2 Å². The van der Waals surface area contributed by atoms with Gasteiger partial charge in [0.1, 0.15) is 12.4 Å². The highest BCUT2D eigenvalue weighted by Gasteiger charge is 2.16. The van der Waals surface area contributed by atoms with E-state index >= 15 is 0 Å². The van der Waals surface area contributed by atoms with E-state index in [2.05, 4.69) is 5.32 Å². The number of rotatable bonds is 8. The quantitative estimate of drug-likeness (QED) is 0.792. The van der Waals surface area contributed by atoms with E-state index in [1.165, 1.54) is 12.1 Å². The summed E-state index contributed by atoms with van der Waals surface area (Å²) in [5.41, 5.74) is 1.94. The average molecular weight is 345 g/mol. The van der Waals surface area contributed by atoms with Gasteiger partial charge in [-0.15, -0.1) is 0 Å². The van der Waals surface area contributed by atoms with Crippen molar-refractivity contribution in [3.63, 3.8) is 0 Å². The van der Waals surface area contributed by atoms with E-state index in [0.717, 1.165) is 37.1 Å². The monoisotopic (exact) mass is 345 g/mol. The molecule has 4 nitrogen and oxygen atoms in total. The van der Waals surface area contributed by atoms with E-state index in [1.807, 2.05) is 18.2 Å². The summed E-state index contributed by atoms with van der Waals surface area (Å²) in [5, 5.41) is 3.43. The van der Waals surface area contributed by atoms with Crippen LogP contribution in [-0.2, 0) is 17.9 Å². The van der Waals surface area contributed by atoms with Crippen molar-refractivity contribution in [3.05, 3.63) is 59.4 Å². The molecule has 3 rings (SSSR count). The van der Waals surface area contributed by atoms with Crippen LogP contribution in [0.15, 0.2) is 42.5 Å². The Morgan fingerprint density at radius 2 is 2.04 bits per heavy atom. The van der Waals surface area contributed by atoms with Crippen molar-refractivity contribution in [1.29, 1.82) is 0 Å². The molecule has 1 atom stereocenters. The molecule has 25 heavy (non-hydrogen) atoms. The van der Waals surface area contributed by atoms with Gasteiger partial charge in [0.25, 0.3) is 0 Å². The van der Waals surface area contributed by atoms with Gasteiger partial charge < -0.3 is 19.5 Å². The fraction of sp³-hybridized carbons (Fsp3) is 0.400. The Kier molecular flexibility index (Phi) is 6.25. The summed E-state index contributed by atoms with van der Waals surface area (Å²) in [6.45, 7) is 2.72. The lowest BCUT2D eigenvalue weighted by Gasteiger charge is -2.16. The van der Waals surface area contributed by atoms with Crippen LogP contribution in [0.5, 0.6) is 11.5 Å². The summed E-state index contributed by atoms with van der Waals surface area (Å²) in [7, 11) is 1.63. The number of hydrogen-bond donors (Lipinski definition) is 1. The second-order valence-electron chi connectivity index (χ2n) is 6.13. The first-order chi connectivity index (χ1) is 12.3. The zero-order valence-electron chi connectivity index (χ0n) is 14.5. The van der Waals surface area contributed by atoms with Crippen LogP contribution in [0.4, 0.5) is 4.39 Å². The molecule has 0 radical (unpaired) electrons. The number of nitrogens with one attached hydrogen (secondary N) is 1. The molecule has 0 amide bonds. The molecule has 1 aliphatic heterocycles. The van der Waals surface area contributed by atoms with E-state index in [-0.39, 0.29) is 5.82 Å². The molecular weight excluding hydrogens is 321 g/mol. The number of ether oxygens (including phenoxy) is 3. The van der Waals surface area contributed by atoms with Gasteiger partial charge in [0.15, 0.2) is 11.5 Å². The van der Waals surface area contributed by atoms with Crippen LogP contribution in [0.2, 0.25) is 0 Å². The van der Waals surface area contributed by atoms with E-state index in [4.69, 9.17) is 14.2 Å². The standard InChI is InChI=1S/C20H24FNO3/c1-23-19-6-2-4-16(12-22-13-18-5-3-11-24-18)20(19)25-14-15-7-9-17(21)10-8-15/h2,4,6-10,18,22H,3,5,11-14H2,1H3. The second-order valence-corrected chi connectivity index (χ2v) is 6.13. The molecule has 1 saturated heterocycles.